The van der Waals surface area contributed by atoms with Crippen LogP contribution < -0.4 is 0 Å². The van der Waals surface area contributed by atoms with Crippen molar-refractivity contribution in [1.29, 1.82) is 36.8 Å². The Hall–Kier alpha value is -22.2. The van der Waals surface area contributed by atoms with E-state index in [9.17, 15) is 50.0 Å². The largest absolute Gasteiger partial charge is 0.416 e. The number of aromatic nitrogens is 4. The lowest BCUT2D eigenvalue weighted by molar-refractivity contribution is -0.137. The van der Waals surface area contributed by atoms with Crippen molar-refractivity contribution in [2.45, 2.75) is 13.1 Å². The SMILES string of the molecule is [C-]#[N+]c1ccc(-c2ccc3c(c2)c2cc(-c4ccc(C#N)cc4[N+]#[C-])ccc2n3-c2ccc(C#N)cc2-c2ccc(C)cc2-n2c3ccc(-c4ccc([N+]#[C-])cc4C#N)cc3c3cc(-c4ccc(C#N)cc4[N+]#[C-])ccc32)c(C#N)c1.[C-]#[N+]c1ccc(-c2ccc3c(c2)c2ccccc2n3-c2cc(C(F)(F)F)ccc2-c2cc([N+]#[C-])ccc2-n2c3ccccc3c3cc(-c4ccc(C#N)cc4[N+]#[C-])ccc32)c(C#N)c1. The third-order valence-corrected chi connectivity index (χ3v) is 26.5. The molecule has 0 unspecified atom stereocenters. The zero-order valence-corrected chi connectivity index (χ0v) is 76.0. The first-order valence-corrected chi connectivity index (χ1v) is 44.9. The van der Waals surface area contributed by atoms with Gasteiger partial charge in [0.05, 0.1) is 166 Å². The van der Waals surface area contributed by atoms with Crippen molar-refractivity contribution in [1.82, 2.24) is 18.3 Å². The van der Waals surface area contributed by atoms with Crippen LogP contribution in [0.25, 0.3) is 233 Å². The number of aryl methyl sites for hydroxylation is 1. The third-order valence-electron chi connectivity index (χ3n) is 26.5. The van der Waals surface area contributed by atoms with Gasteiger partial charge in [-0.05, 0) is 273 Å². The number of hydrogen-bond donors (Lipinski definition) is 0. The predicted molar refractivity (Wildman–Crippen MR) is 560 cm³/mol. The zero-order chi connectivity index (χ0) is 100. The van der Waals surface area contributed by atoms with Gasteiger partial charge in [-0.1, -0.05) is 152 Å². The molecule has 0 spiro atoms. The Labute approximate surface area is 827 Å². The zero-order valence-electron chi connectivity index (χ0n) is 76.0. The van der Waals surface area contributed by atoms with Gasteiger partial charge in [0.1, 0.15) is 0 Å². The molecule has 0 amide bonds. The molecular weight excluding hydrogens is 1800 g/mol. The molecule has 0 aliphatic carbocycles. The first-order valence-electron chi connectivity index (χ1n) is 44.9. The second kappa shape index (κ2) is 36.1. The van der Waals surface area contributed by atoms with Crippen LogP contribution in [0.2, 0.25) is 0 Å². The molecule has 22 rings (SSSR count). The topological polar surface area (TPSA) is 217 Å². The second-order valence-corrected chi connectivity index (χ2v) is 34.4. The van der Waals surface area contributed by atoms with E-state index >= 15 is 0 Å². The van der Waals surface area contributed by atoms with E-state index in [-0.39, 0.29) is 5.69 Å². The first kappa shape index (κ1) is 89.3. The highest BCUT2D eigenvalue weighted by molar-refractivity contribution is 6.17. The number of nitrogens with zero attached hydrogens (tertiary/aromatic N) is 18. The van der Waals surface area contributed by atoms with E-state index in [0.29, 0.717) is 146 Å². The predicted octanol–water partition coefficient (Wildman–Crippen LogP) is 33.4. The van der Waals surface area contributed by atoms with Crippen molar-refractivity contribution < 1.29 is 13.2 Å². The van der Waals surface area contributed by atoms with E-state index in [4.69, 9.17) is 46.0 Å². The summed E-state index contributed by atoms with van der Waals surface area (Å²) in [6.07, 6.45) is -4.68. The molecule has 0 aliphatic rings. The number of hydrogen-bond acceptors (Lipinski definition) is 7. The molecule has 0 bridgehead atoms. The molecule has 18 aromatic carbocycles. The van der Waals surface area contributed by atoms with Crippen LogP contribution in [-0.2, 0) is 6.18 Å². The van der Waals surface area contributed by atoms with Gasteiger partial charge in [-0.15, -0.1) is 0 Å². The van der Waals surface area contributed by atoms with Crippen LogP contribution in [0.1, 0.15) is 50.1 Å². The lowest BCUT2D eigenvalue weighted by Crippen LogP contribution is -2.08. The average Bonchev–Trinajstić information content (AvgIpc) is 1.55. The van der Waals surface area contributed by atoms with E-state index in [1.54, 1.807) is 121 Å². The average molecular weight is 1860 g/mol. The lowest BCUT2D eigenvalue weighted by atomic mass is 9.96. The maximum atomic E-state index is 14.8. The van der Waals surface area contributed by atoms with E-state index in [1.165, 1.54) is 12.1 Å². The highest BCUT2D eigenvalue weighted by Crippen LogP contribution is 2.51. The summed E-state index contributed by atoms with van der Waals surface area (Å²) in [5, 5.41) is 76.9. The number of para-hydroxylation sites is 2. The van der Waals surface area contributed by atoms with Crippen LogP contribution in [0.3, 0.4) is 0 Å². The van der Waals surface area contributed by atoms with Crippen LogP contribution in [-0.4, -0.2) is 18.3 Å². The third kappa shape index (κ3) is 15.3. The number of benzene rings is 18. The maximum absolute atomic E-state index is 14.8. The fourth-order valence-electron chi connectivity index (χ4n) is 19.9. The van der Waals surface area contributed by atoms with Gasteiger partial charge in [-0.3, -0.25) is 0 Å². The molecule has 4 heterocycles. The van der Waals surface area contributed by atoms with Crippen LogP contribution in [0.15, 0.2) is 340 Å². The standard InChI is InChI=1S/C70H33N11.C54H26F3N7/c1-41-6-16-57(70(26-41)81-68-23-11-46(54-20-15-52(77-3)31-50(54)40-75)33-60(68)62-35-48(13-25-69(62)81)56-18-8-44(38-73)29-64(56)79-5)58-27-42(36-71)9-21-65(58)80-66-22-10-45(53-19-14-51(76-2)30-49(53)39-74)32-59(66)61-34-47(12-24-67(61)80)55-17-7-43(37-72)28-63(55)78-4;1-60-37-16-20-39(35(25-37)31-59)33-13-21-51-44(26-33)42-9-5-7-11-49(42)64(51)53-28-36(54(55,56)57)15-19-43(53)46-29-38(61-2)17-23-52(46)63-48-10-6-4-8-41(48)45-27-34(14-22-50(45)63)40-18-12-32(30-58)24-47(40)62-3/h6-35H,1H3;4-29H. The minimum absolute atomic E-state index is 0.242. The quantitative estimate of drug-likeness (QED) is 0.108. The fourth-order valence-corrected chi connectivity index (χ4v) is 19.9. The highest BCUT2D eigenvalue weighted by Gasteiger charge is 2.34. The molecule has 18 nitrogen and oxygen atoms in total. The summed E-state index contributed by atoms with van der Waals surface area (Å²) in [4.78, 5) is 25.7. The number of nitriles is 7. The summed E-state index contributed by atoms with van der Waals surface area (Å²) in [5.41, 5.74) is 24.6. The Morgan fingerprint density at radius 3 is 0.841 bits per heavy atom. The Morgan fingerprint density at radius 1 is 0.221 bits per heavy atom. The molecule has 0 radical (unpaired) electrons. The van der Waals surface area contributed by atoms with E-state index in [1.807, 2.05) is 181 Å². The normalized spacial score (nSPS) is 10.9. The molecule has 0 saturated heterocycles. The second-order valence-electron chi connectivity index (χ2n) is 34.4. The van der Waals surface area contributed by atoms with Crippen molar-refractivity contribution in [2.75, 3.05) is 0 Å². The summed E-state index contributed by atoms with van der Waals surface area (Å²) in [6, 6.07) is 118. The highest BCUT2D eigenvalue weighted by atomic mass is 19.4. The Balaban J connectivity index is 0.000000175. The molecule has 145 heavy (non-hydrogen) atoms. The smallest absolute Gasteiger partial charge is 0.309 e. The monoisotopic (exact) mass is 1860 g/mol. The van der Waals surface area contributed by atoms with Gasteiger partial charge >= 0.3 is 6.18 Å². The Bertz CT molecular complexity index is 9930. The van der Waals surface area contributed by atoms with Crippen LogP contribution >= 0.6 is 0 Å². The minimum Gasteiger partial charge on any atom is -0.309 e. The molecule has 0 fully saturated rings. The molecule has 4 aromatic heterocycles. The number of fused-ring (bicyclic) bond motifs is 12. The van der Waals surface area contributed by atoms with Crippen LogP contribution in [0.5, 0.6) is 0 Å². The number of alkyl halides is 3. The Kier molecular flexibility index (Phi) is 22.3. The van der Waals surface area contributed by atoms with Crippen molar-refractivity contribution in [3.8, 4) is 154 Å². The number of rotatable bonds is 12. The fraction of sp³-hybridized carbons (Fsp3) is 0.0161. The molecule has 22 aromatic rings. The lowest BCUT2D eigenvalue weighted by Gasteiger charge is -2.20. The van der Waals surface area contributed by atoms with Gasteiger partial charge < -0.3 is 18.3 Å². The van der Waals surface area contributed by atoms with Crippen molar-refractivity contribution in [3.63, 3.8) is 0 Å². The summed E-state index contributed by atoms with van der Waals surface area (Å²) in [6.45, 7) is 56.7. The van der Waals surface area contributed by atoms with E-state index in [2.05, 4.69) is 114 Å². The van der Waals surface area contributed by atoms with Gasteiger partial charge in [0.2, 0.25) is 0 Å². The summed E-state index contributed by atoms with van der Waals surface area (Å²) >= 11 is 0. The van der Waals surface area contributed by atoms with Gasteiger partial charge in [0.25, 0.3) is 0 Å². The number of halogens is 3. The van der Waals surface area contributed by atoms with Crippen molar-refractivity contribution in [2.24, 2.45) is 0 Å². The van der Waals surface area contributed by atoms with E-state index in [0.717, 1.165) is 144 Å². The van der Waals surface area contributed by atoms with Gasteiger partial charge in [-0.2, -0.15) is 50.0 Å². The van der Waals surface area contributed by atoms with Gasteiger partial charge in [0, 0.05) is 93.2 Å². The summed E-state index contributed by atoms with van der Waals surface area (Å²) in [5.74, 6) is 0. The minimum atomic E-state index is -4.68. The summed E-state index contributed by atoms with van der Waals surface area (Å²) in [7, 11) is 0. The van der Waals surface area contributed by atoms with Gasteiger partial charge in [-0.25, -0.2) is 33.9 Å². The molecule has 0 atom stereocenters. The molecule has 0 saturated carbocycles. The maximum Gasteiger partial charge on any atom is 0.416 e. The van der Waals surface area contributed by atoms with Crippen LogP contribution in [0, 0.1) is 132 Å². The van der Waals surface area contributed by atoms with Crippen molar-refractivity contribution >= 4 is 127 Å². The van der Waals surface area contributed by atoms with Gasteiger partial charge in [0.15, 0.2) is 39.8 Å². The summed E-state index contributed by atoms with van der Waals surface area (Å²) < 4.78 is 52.7. The first-order chi connectivity index (χ1) is 70.7. The molecule has 666 valence electrons. The van der Waals surface area contributed by atoms with Crippen LogP contribution in [0.4, 0.5) is 53.0 Å². The molecule has 0 aliphatic heterocycles. The molecule has 0 N–H and O–H groups in total. The van der Waals surface area contributed by atoms with E-state index < -0.39 is 11.7 Å². The molecule has 21 heteroatoms. The Morgan fingerprint density at radius 2 is 0.497 bits per heavy atom. The van der Waals surface area contributed by atoms with Crippen molar-refractivity contribution in [3.05, 3.63) is 470 Å². The molecular formula is C124H59F3N18.